The molecule has 7 heteroatoms. The summed E-state index contributed by atoms with van der Waals surface area (Å²) >= 11 is 0. The molecular weight excluding hydrogens is 621 g/mol. The van der Waals surface area contributed by atoms with Gasteiger partial charge >= 0.3 is 37.7 Å². The second kappa shape index (κ2) is 24.7. The molecule has 6 nitrogen and oxygen atoms in total. The monoisotopic (exact) mass is 678 g/mol. The Bertz CT molecular complexity index is 516. The molecule has 224 valence electrons. The Morgan fingerprint density at radius 1 is 0.432 bits per heavy atom. The van der Waals surface area contributed by atoms with E-state index in [1.807, 2.05) is 20.8 Å². The number of unbranched alkanes of at least 4 members (excludes halogenated alkanes) is 3. The first kappa shape index (κ1) is 43.7. The van der Waals surface area contributed by atoms with Crippen molar-refractivity contribution in [1.29, 1.82) is 0 Å². The number of aliphatic carboxylic acids is 3. The van der Waals surface area contributed by atoms with Crippen LogP contribution in [0.4, 0.5) is 0 Å². The molecule has 0 rings (SSSR count). The normalized spacial score (nSPS) is 15.2. The summed E-state index contributed by atoms with van der Waals surface area (Å²) in [6.45, 7) is 17.6. The zero-order valence-corrected chi connectivity index (χ0v) is 27.3. The molecule has 0 aromatic heterocycles. The molecule has 0 amide bonds. The minimum Gasteiger partial charge on any atom is -0.550 e. The van der Waals surface area contributed by atoms with Crippen molar-refractivity contribution in [3.63, 3.8) is 0 Å². The summed E-state index contributed by atoms with van der Waals surface area (Å²) in [6.07, 6.45) is 13.3. The van der Waals surface area contributed by atoms with E-state index < -0.39 is 34.2 Å². The van der Waals surface area contributed by atoms with Crippen LogP contribution in [0.1, 0.15) is 159 Å². The molecule has 0 spiro atoms. The van der Waals surface area contributed by atoms with Crippen molar-refractivity contribution in [2.75, 3.05) is 0 Å². The van der Waals surface area contributed by atoms with Gasteiger partial charge in [0.05, 0.1) is 0 Å². The van der Waals surface area contributed by atoms with Gasteiger partial charge in [-0.3, -0.25) is 0 Å². The molecule has 37 heavy (non-hydrogen) atoms. The average molecular weight is 679 g/mol. The molecular formula is C30H57HoO6. The third kappa shape index (κ3) is 20.3. The van der Waals surface area contributed by atoms with E-state index in [0.29, 0.717) is 0 Å². The predicted molar refractivity (Wildman–Crippen MR) is 143 cm³/mol. The molecule has 0 aromatic rings. The molecule has 0 radical (unpaired) electrons. The van der Waals surface area contributed by atoms with Gasteiger partial charge in [0.25, 0.3) is 0 Å². The van der Waals surface area contributed by atoms with Crippen LogP contribution in [0, 0.1) is 54.0 Å². The van der Waals surface area contributed by atoms with Crippen molar-refractivity contribution in [2.24, 2.45) is 16.2 Å². The van der Waals surface area contributed by atoms with Crippen molar-refractivity contribution in [3.05, 3.63) is 0 Å². The maximum absolute atomic E-state index is 10.8. The molecule has 3 unspecified atom stereocenters. The average Bonchev–Trinajstić information content (AvgIpc) is 2.81. The van der Waals surface area contributed by atoms with E-state index in [9.17, 15) is 29.7 Å². The van der Waals surface area contributed by atoms with Crippen LogP contribution in [-0.4, -0.2) is 17.9 Å². The molecule has 0 fully saturated rings. The second-order valence-corrected chi connectivity index (χ2v) is 11.1. The van der Waals surface area contributed by atoms with Crippen LogP contribution in [0.5, 0.6) is 0 Å². The van der Waals surface area contributed by atoms with Crippen LogP contribution in [0.25, 0.3) is 0 Å². The van der Waals surface area contributed by atoms with Gasteiger partial charge in [-0.25, -0.2) is 0 Å². The standard InChI is InChI=1S/3C10H20O2.Ho/c3*1-4-6-8-10(3,7-5-2)9(11)12;/h3*4-8H2,1-3H3,(H,11,12);/q;;;+3/p-3. The molecule has 0 N–H and O–H groups in total. The van der Waals surface area contributed by atoms with Crippen LogP contribution in [-0.2, 0) is 14.4 Å². The Balaban J connectivity index is -0.000000218. The van der Waals surface area contributed by atoms with E-state index in [0.717, 1.165) is 96.3 Å². The zero-order valence-electron chi connectivity index (χ0n) is 25.4. The first-order valence-corrected chi connectivity index (χ1v) is 14.3. The first-order chi connectivity index (χ1) is 16.7. The fourth-order valence-corrected chi connectivity index (χ4v) is 4.34. The summed E-state index contributed by atoms with van der Waals surface area (Å²) in [5.74, 6) is -2.67. The van der Waals surface area contributed by atoms with Gasteiger partial charge in [0.1, 0.15) is 0 Å². The molecule has 0 bridgehead atoms. The summed E-state index contributed by atoms with van der Waals surface area (Å²) in [5.41, 5.74) is -1.78. The van der Waals surface area contributed by atoms with Crippen molar-refractivity contribution < 1.29 is 67.4 Å². The van der Waals surface area contributed by atoms with Crippen LogP contribution in [0.2, 0.25) is 0 Å². The van der Waals surface area contributed by atoms with Crippen LogP contribution >= 0.6 is 0 Å². The molecule has 0 aliphatic carbocycles. The molecule has 3 atom stereocenters. The number of hydrogen-bond donors (Lipinski definition) is 0. The molecule has 0 aliphatic rings. The Hall–Kier alpha value is -0.330. The summed E-state index contributed by atoms with van der Waals surface area (Å²) in [4.78, 5) is 32.4. The fraction of sp³-hybridized carbons (Fsp3) is 0.900. The second-order valence-electron chi connectivity index (χ2n) is 11.1. The van der Waals surface area contributed by atoms with Gasteiger partial charge < -0.3 is 29.7 Å². The topological polar surface area (TPSA) is 120 Å². The number of carbonyl (C=O) groups is 3. The predicted octanol–water partition coefficient (Wildman–Crippen LogP) is 5.20. The van der Waals surface area contributed by atoms with Crippen molar-refractivity contribution in [1.82, 2.24) is 0 Å². The molecule has 0 saturated carbocycles. The summed E-state index contributed by atoms with van der Waals surface area (Å²) < 4.78 is 0. The zero-order chi connectivity index (χ0) is 28.8. The van der Waals surface area contributed by atoms with Gasteiger partial charge in [0, 0.05) is 34.2 Å². The smallest absolute Gasteiger partial charge is 0.550 e. The van der Waals surface area contributed by atoms with Crippen LogP contribution < -0.4 is 15.3 Å². The first-order valence-electron chi connectivity index (χ1n) is 14.3. The quantitative estimate of drug-likeness (QED) is 0.184. The third-order valence-corrected chi connectivity index (χ3v) is 7.13. The number of carboxylic acid groups (broad SMARTS) is 3. The summed E-state index contributed by atoms with van der Waals surface area (Å²) in [5, 5.41) is 32.4. The maximum atomic E-state index is 10.8. The van der Waals surface area contributed by atoms with Crippen LogP contribution in [0.15, 0.2) is 0 Å². The Morgan fingerprint density at radius 3 is 0.730 bits per heavy atom. The van der Waals surface area contributed by atoms with E-state index in [4.69, 9.17) is 0 Å². The van der Waals surface area contributed by atoms with Crippen LogP contribution in [0.3, 0.4) is 0 Å². The maximum Gasteiger partial charge on any atom is 3.00 e. The van der Waals surface area contributed by atoms with E-state index >= 15 is 0 Å². The molecule has 0 heterocycles. The minimum absolute atomic E-state index is 0. The van der Waals surface area contributed by atoms with Gasteiger partial charge in [-0.15, -0.1) is 0 Å². The Labute approximate surface area is 258 Å². The van der Waals surface area contributed by atoms with Gasteiger partial charge in [0.15, 0.2) is 0 Å². The Kier molecular flexibility index (Phi) is 29.2. The molecule has 0 aliphatic heterocycles. The number of hydrogen-bond acceptors (Lipinski definition) is 6. The van der Waals surface area contributed by atoms with E-state index in [2.05, 4.69) is 20.8 Å². The van der Waals surface area contributed by atoms with Crippen molar-refractivity contribution in [2.45, 2.75) is 159 Å². The third-order valence-electron chi connectivity index (χ3n) is 7.13. The number of rotatable bonds is 18. The minimum atomic E-state index is -0.891. The van der Waals surface area contributed by atoms with Crippen molar-refractivity contribution >= 4 is 17.9 Å². The van der Waals surface area contributed by atoms with Crippen molar-refractivity contribution in [3.8, 4) is 0 Å². The molecule has 0 saturated heterocycles. The van der Waals surface area contributed by atoms with Gasteiger partial charge in [-0.05, 0) is 38.5 Å². The summed E-state index contributed by atoms with van der Waals surface area (Å²) in [7, 11) is 0. The van der Waals surface area contributed by atoms with Gasteiger partial charge in [-0.2, -0.15) is 0 Å². The molecule has 0 aromatic carbocycles. The number of carboxylic acids is 3. The van der Waals surface area contributed by atoms with E-state index in [1.165, 1.54) is 0 Å². The largest absolute Gasteiger partial charge is 3.00 e. The Morgan fingerprint density at radius 2 is 0.622 bits per heavy atom. The fourth-order valence-electron chi connectivity index (χ4n) is 4.34. The number of carbonyl (C=O) groups excluding carboxylic acids is 3. The van der Waals surface area contributed by atoms with E-state index in [-0.39, 0.29) is 37.7 Å². The van der Waals surface area contributed by atoms with E-state index in [1.54, 1.807) is 20.8 Å². The van der Waals surface area contributed by atoms with Gasteiger partial charge in [-0.1, -0.05) is 120 Å². The van der Waals surface area contributed by atoms with Gasteiger partial charge in [0.2, 0.25) is 0 Å². The SMILES string of the molecule is CCCCC(C)(CCC)C(=O)[O-].CCCCC(C)(CCC)C(=O)[O-].CCCCC(C)(CCC)C(=O)[O-].[Ho+3]. The summed E-state index contributed by atoms with van der Waals surface area (Å²) in [6, 6.07) is 0.